The smallest absolute Gasteiger partial charge is 0.173 e. The minimum atomic E-state index is -1.47. The highest BCUT2D eigenvalue weighted by Gasteiger charge is 2.29. The third kappa shape index (κ3) is 4.57. The van der Waals surface area contributed by atoms with Crippen LogP contribution in [-0.4, -0.2) is 16.0 Å². The quantitative estimate of drug-likeness (QED) is 0.294. The molecule has 0 atom stereocenters. The molecular weight excluding hydrogens is 454 g/mol. The molecule has 35 heavy (non-hydrogen) atoms. The molecule has 2 aromatic carbocycles. The second-order valence-electron chi connectivity index (χ2n) is 9.30. The third-order valence-electron chi connectivity index (χ3n) is 6.74. The van der Waals surface area contributed by atoms with Crippen molar-refractivity contribution in [3.8, 4) is 11.4 Å². The van der Waals surface area contributed by atoms with Gasteiger partial charge in [-0.3, -0.25) is 0 Å². The fraction of sp³-hybridized carbons (Fsp3) is 0.321. The van der Waals surface area contributed by atoms with Crippen LogP contribution in [-0.2, 0) is 6.54 Å². The van der Waals surface area contributed by atoms with E-state index in [9.17, 15) is 0 Å². The van der Waals surface area contributed by atoms with E-state index in [1.54, 1.807) is 18.2 Å². The van der Waals surface area contributed by atoms with Gasteiger partial charge in [0, 0.05) is 12.6 Å². The molecular formula is C28H27F4N3. The maximum atomic E-state index is 15.3. The predicted molar refractivity (Wildman–Crippen MR) is 131 cm³/mol. The molecule has 0 amide bonds. The van der Waals surface area contributed by atoms with E-state index in [0.717, 1.165) is 30.4 Å². The van der Waals surface area contributed by atoms with Gasteiger partial charge in [0.05, 0.1) is 22.2 Å². The molecule has 2 aliphatic carbocycles. The number of imidazole rings is 1. The lowest BCUT2D eigenvalue weighted by atomic mass is 9.98. The number of aryl methyl sites for hydroxylation is 1. The number of hydrogen-bond acceptors (Lipinski definition) is 2. The molecule has 1 fully saturated rings. The Morgan fingerprint density at radius 2 is 1.63 bits per heavy atom. The summed E-state index contributed by atoms with van der Waals surface area (Å²) in [5, 5.41) is 3.52. The highest BCUT2D eigenvalue weighted by molar-refractivity contribution is 5.84. The van der Waals surface area contributed by atoms with Gasteiger partial charge in [-0.2, -0.15) is 0 Å². The molecule has 5 rings (SSSR count). The van der Waals surface area contributed by atoms with Crippen molar-refractivity contribution >= 4 is 16.6 Å². The first-order chi connectivity index (χ1) is 16.9. The van der Waals surface area contributed by atoms with Crippen molar-refractivity contribution in [2.24, 2.45) is 0 Å². The first-order valence-electron chi connectivity index (χ1n) is 12.1. The Hall–Kier alpha value is -3.19. The van der Waals surface area contributed by atoms with Gasteiger partial charge in [-0.1, -0.05) is 49.3 Å². The van der Waals surface area contributed by atoms with Gasteiger partial charge in [-0.25, -0.2) is 22.5 Å². The lowest BCUT2D eigenvalue weighted by molar-refractivity contribution is 0.454. The maximum Gasteiger partial charge on any atom is 0.173 e. The average molecular weight is 482 g/mol. The monoisotopic (exact) mass is 481 g/mol. The van der Waals surface area contributed by atoms with Crippen LogP contribution in [0, 0.1) is 30.2 Å². The Morgan fingerprint density at radius 1 is 0.943 bits per heavy atom. The van der Waals surface area contributed by atoms with Crippen LogP contribution in [0.15, 0.2) is 42.5 Å². The molecule has 0 unspecified atom stereocenters. The van der Waals surface area contributed by atoms with Crippen molar-refractivity contribution in [2.45, 2.75) is 58.0 Å². The molecule has 2 N–H and O–H groups in total. The van der Waals surface area contributed by atoms with Crippen LogP contribution in [0.4, 0.5) is 17.6 Å². The second-order valence-corrected chi connectivity index (χ2v) is 9.30. The molecule has 0 radical (unpaired) electrons. The number of H-pyrrole nitrogens is 1. The average Bonchev–Trinajstić information content (AvgIpc) is 3.47. The first kappa shape index (κ1) is 23.5. The van der Waals surface area contributed by atoms with E-state index in [1.165, 1.54) is 25.0 Å². The molecule has 1 aromatic heterocycles. The van der Waals surface area contributed by atoms with Crippen molar-refractivity contribution < 1.29 is 17.6 Å². The number of nitrogens with one attached hydrogen (secondary N) is 2. The minimum Gasteiger partial charge on any atom is -0.338 e. The zero-order valence-electron chi connectivity index (χ0n) is 19.5. The Labute approximate surface area is 201 Å². The fourth-order valence-electron chi connectivity index (χ4n) is 4.97. The topological polar surface area (TPSA) is 40.7 Å². The highest BCUT2D eigenvalue weighted by Crippen LogP contribution is 2.36. The number of rotatable bonds is 5. The van der Waals surface area contributed by atoms with Crippen LogP contribution in [0.1, 0.15) is 55.2 Å². The molecule has 7 heteroatoms. The van der Waals surface area contributed by atoms with Crippen LogP contribution in [0.2, 0.25) is 0 Å². The Balaban J connectivity index is 1.58. The molecule has 182 valence electrons. The fourth-order valence-corrected chi connectivity index (χ4v) is 4.97. The summed E-state index contributed by atoms with van der Waals surface area (Å²) in [5.41, 5.74) is 1.40. The largest absolute Gasteiger partial charge is 0.338 e. The number of hydrogen-bond donors (Lipinski definition) is 2. The summed E-state index contributed by atoms with van der Waals surface area (Å²) in [7, 11) is 0. The SMILES string of the molecule is Cc1cc(CNC2CCCC2)c2nc(-c3c(F)c(F)c(C4=C/C=C\CCC=C4)c(F)c3F)[nH]c2c1. The Morgan fingerprint density at radius 3 is 2.37 bits per heavy atom. The van der Waals surface area contributed by atoms with Crippen LogP contribution < -0.4 is 5.32 Å². The predicted octanol–water partition coefficient (Wildman–Crippen LogP) is 7.42. The van der Waals surface area contributed by atoms with Crippen molar-refractivity contribution in [1.82, 2.24) is 15.3 Å². The highest BCUT2D eigenvalue weighted by atomic mass is 19.2. The number of fused-ring (bicyclic) bond motifs is 1. The summed E-state index contributed by atoms with van der Waals surface area (Å²) >= 11 is 0. The molecule has 3 aromatic rings. The van der Waals surface area contributed by atoms with Gasteiger partial charge in [0.1, 0.15) is 5.82 Å². The lowest BCUT2D eigenvalue weighted by Gasteiger charge is -2.12. The zero-order chi connectivity index (χ0) is 24.5. The van der Waals surface area contributed by atoms with Gasteiger partial charge in [0.15, 0.2) is 23.3 Å². The van der Waals surface area contributed by atoms with Crippen molar-refractivity contribution in [3.63, 3.8) is 0 Å². The van der Waals surface area contributed by atoms with Crippen molar-refractivity contribution in [2.75, 3.05) is 0 Å². The van der Waals surface area contributed by atoms with Gasteiger partial charge in [-0.05, 0) is 55.4 Å². The molecule has 2 aliphatic rings. The van der Waals surface area contributed by atoms with Gasteiger partial charge < -0.3 is 10.3 Å². The van der Waals surface area contributed by atoms with E-state index >= 15 is 17.6 Å². The van der Waals surface area contributed by atoms with Crippen LogP contribution in [0.5, 0.6) is 0 Å². The molecule has 0 bridgehead atoms. The zero-order valence-corrected chi connectivity index (χ0v) is 19.5. The van der Waals surface area contributed by atoms with E-state index in [0.29, 0.717) is 30.0 Å². The summed E-state index contributed by atoms with van der Waals surface area (Å²) in [5.74, 6) is -6.07. The Bertz CT molecular complexity index is 1330. The number of aromatic nitrogens is 2. The van der Waals surface area contributed by atoms with Crippen LogP contribution in [0.3, 0.4) is 0 Å². The number of allylic oxidation sites excluding steroid dienone is 6. The minimum absolute atomic E-state index is 0.0702. The number of halogens is 4. The number of aromatic amines is 1. The second kappa shape index (κ2) is 9.82. The van der Waals surface area contributed by atoms with Crippen molar-refractivity contribution in [1.29, 1.82) is 0 Å². The molecule has 0 spiro atoms. The summed E-state index contributed by atoms with van der Waals surface area (Å²) in [4.78, 5) is 7.28. The van der Waals surface area contributed by atoms with Gasteiger partial charge in [0.25, 0.3) is 0 Å². The molecule has 0 saturated heterocycles. The summed E-state index contributed by atoms with van der Waals surface area (Å²) in [6.45, 7) is 2.47. The number of nitrogens with zero attached hydrogens (tertiary/aromatic N) is 1. The number of benzene rings is 2. The molecule has 0 aliphatic heterocycles. The third-order valence-corrected chi connectivity index (χ3v) is 6.74. The molecule has 1 saturated carbocycles. The molecule has 1 heterocycles. The summed E-state index contributed by atoms with van der Waals surface area (Å²) in [6, 6.07) is 4.20. The summed E-state index contributed by atoms with van der Waals surface area (Å²) < 4.78 is 60.9. The van der Waals surface area contributed by atoms with E-state index in [2.05, 4.69) is 15.3 Å². The first-order valence-corrected chi connectivity index (χ1v) is 12.1. The van der Waals surface area contributed by atoms with E-state index in [-0.39, 0.29) is 11.4 Å². The Kier molecular flexibility index (Phi) is 6.60. The van der Waals surface area contributed by atoms with Crippen LogP contribution >= 0.6 is 0 Å². The van der Waals surface area contributed by atoms with Gasteiger partial charge >= 0.3 is 0 Å². The van der Waals surface area contributed by atoms with Gasteiger partial charge in [-0.15, -0.1) is 0 Å². The normalized spacial score (nSPS) is 17.6. The maximum absolute atomic E-state index is 15.3. The molecule has 3 nitrogen and oxygen atoms in total. The summed E-state index contributed by atoms with van der Waals surface area (Å²) in [6.07, 6.45) is 14.2. The van der Waals surface area contributed by atoms with E-state index in [1.807, 2.05) is 19.1 Å². The van der Waals surface area contributed by atoms with E-state index < -0.39 is 34.4 Å². The van der Waals surface area contributed by atoms with Crippen molar-refractivity contribution in [3.05, 3.63) is 82.5 Å². The van der Waals surface area contributed by atoms with E-state index in [4.69, 9.17) is 0 Å². The van der Waals surface area contributed by atoms with Crippen LogP contribution in [0.25, 0.3) is 28.0 Å². The van der Waals surface area contributed by atoms with Gasteiger partial charge in [0.2, 0.25) is 0 Å². The lowest BCUT2D eigenvalue weighted by Crippen LogP contribution is -2.25. The standard InChI is InChI=1S/C28H27F4N3/c1-16-13-18(15-33-19-11-7-8-12-19)27-20(14-16)34-28(35-27)22-25(31)23(29)21(24(30)26(22)32)17-9-5-3-2-4-6-10-17/h3,5-6,9-10,13-14,19,33H,2,4,7-8,11-12,15H2,1H3,(H,34,35)/b5-3-,10-6?,17-9?.